The molecule has 4 aromatic rings. The van der Waals surface area contributed by atoms with E-state index in [0.29, 0.717) is 17.7 Å². The molecule has 152 valence electrons. The van der Waals surface area contributed by atoms with Crippen molar-refractivity contribution < 1.29 is 0 Å². The number of nitrogens with zero attached hydrogens (tertiary/aromatic N) is 4. The standard InChI is InChI=1S/C24H24N4O2/c1-17-8-7-9-18(14-17)15-26-16-25-22-21(26)23(29)28(20-12-5-6-13-20)24(30)27(22)19-10-3-2-4-11-19/h2-4,7-11,14,16,20H,5-6,12-13,15H2,1H3. The molecule has 1 aliphatic rings. The van der Waals surface area contributed by atoms with Gasteiger partial charge in [0.25, 0.3) is 5.56 Å². The summed E-state index contributed by atoms with van der Waals surface area (Å²) >= 11 is 0. The van der Waals surface area contributed by atoms with Gasteiger partial charge < -0.3 is 4.57 Å². The topological polar surface area (TPSA) is 61.8 Å². The lowest BCUT2D eigenvalue weighted by atomic mass is 10.1. The first-order chi connectivity index (χ1) is 14.6. The van der Waals surface area contributed by atoms with Crippen molar-refractivity contribution in [3.05, 3.63) is 92.9 Å². The van der Waals surface area contributed by atoms with Crippen molar-refractivity contribution in [1.29, 1.82) is 0 Å². The van der Waals surface area contributed by atoms with Gasteiger partial charge in [-0.05, 0) is 37.5 Å². The molecule has 1 saturated carbocycles. The first-order valence-electron chi connectivity index (χ1n) is 10.5. The van der Waals surface area contributed by atoms with Gasteiger partial charge >= 0.3 is 5.69 Å². The third-order valence-corrected chi connectivity index (χ3v) is 5.99. The first kappa shape index (κ1) is 18.6. The number of hydrogen-bond donors (Lipinski definition) is 0. The minimum absolute atomic E-state index is 0.0494. The second kappa shape index (κ2) is 7.44. The van der Waals surface area contributed by atoms with Gasteiger partial charge in [-0.3, -0.25) is 9.36 Å². The van der Waals surface area contributed by atoms with Gasteiger partial charge in [0.15, 0.2) is 11.2 Å². The number of rotatable bonds is 4. The van der Waals surface area contributed by atoms with Gasteiger partial charge in [0, 0.05) is 12.6 Å². The Balaban J connectivity index is 1.78. The quantitative estimate of drug-likeness (QED) is 0.523. The minimum atomic E-state index is -0.300. The number of benzene rings is 2. The van der Waals surface area contributed by atoms with E-state index in [1.54, 1.807) is 10.9 Å². The average Bonchev–Trinajstić information content (AvgIpc) is 3.40. The Morgan fingerprint density at radius 1 is 1.00 bits per heavy atom. The molecule has 6 heteroatoms. The highest BCUT2D eigenvalue weighted by molar-refractivity contribution is 5.72. The summed E-state index contributed by atoms with van der Waals surface area (Å²) in [5.74, 6) is 0. The number of fused-ring (bicyclic) bond motifs is 1. The Labute approximate surface area is 174 Å². The van der Waals surface area contributed by atoms with Gasteiger partial charge in [0.2, 0.25) is 0 Å². The van der Waals surface area contributed by atoms with Gasteiger partial charge in [0.1, 0.15) is 0 Å². The summed E-state index contributed by atoms with van der Waals surface area (Å²) in [7, 11) is 0. The van der Waals surface area contributed by atoms with Gasteiger partial charge in [-0.15, -0.1) is 0 Å². The van der Waals surface area contributed by atoms with Crippen molar-refractivity contribution in [2.75, 3.05) is 0 Å². The van der Waals surface area contributed by atoms with Crippen molar-refractivity contribution in [3.63, 3.8) is 0 Å². The molecule has 0 spiro atoms. The van der Waals surface area contributed by atoms with E-state index in [0.717, 1.165) is 36.9 Å². The maximum atomic E-state index is 13.5. The van der Waals surface area contributed by atoms with Crippen molar-refractivity contribution in [3.8, 4) is 5.69 Å². The van der Waals surface area contributed by atoms with Crippen molar-refractivity contribution in [2.24, 2.45) is 0 Å². The number of hydrogen-bond acceptors (Lipinski definition) is 3. The third-order valence-electron chi connectivity index (χ3n) is 5.99. The molecular weight excluding hydrogens is 376 g/mol. The first-order valence-corrected chi connectivity index (χ1v) is 10.5. The Kier molecular flexibility index (Phi) is 4.62. The average molecular weight is 400 g/mol. The van der Waals surface area contributed by atoms with Crippen LogP contribution in [0.2, 0.25) is 0 Å². The Morgan fingerprint density at radius 3 is 2.50 bits per heavy atom. The summed E-state index contributed by atoms with van der Waals surface area (Å²) in [6, 6.07) is 17.6. The van der Waals surface area contributed by atoms with Crippen LogP contribution in [0, 0.1) is 6.92 Å². The lowest BCUT2D eigenvalue weighted by Crippen LogP contribution is -2.41. The lowest BCUT2D eigenvalue weighted by Gasteiger charge is -2.17. The second-order valence-corrected chi connectivity index (χ2v) is 8.10. The highest BCUT2D eigenvalue weighted by Gasteiger charge is 2.26. The molecule has 0 saturated heterocycles. The Morgan fingerprint density at radius 2 is 1.77 bits per heavy atom. The SMILES string of the molecule is Cc1cccc(Cn2cnc3c2c(=O)n(C2CCCC2)c(=O)n3-c2ccccc2)c1. The highest BCUT2D eigenvalue weighted by Crippen LogP contribution is 2.28. The van der Waals surface area contributed by atoms with Crippen LogP contribution in [0.4, 0.5) is 0 Å². The fraction of sp³-hybridized carbons (Fsp3) is 0.292. The number of aryl methyl sites for hydroxylation is 1. The summed E-state index contributed by atoms with van der Waals surface area (Å²) in [4.78, 5) is 31.5. The summed E-state index contributed by atoms with van der Waals surface area (Å²) < 4.78 is 4.93. The van der Waals surface area contributed by atoms with E-state index in [9.17, 15) is 9.59 Å². The van der Waals surface area contributed by atoms with E-state index < -0.39 is 0 Å². The number of para-hydroxylation sites is 1. The summed E-state index contributed by atoms with van der Waals surface area (Å²) in [5.41, 5.74) is 3.34. The van der Waals surface area contributed by atoms with E-state index in [1.807, 2.05) is 47.0 Å². The molecule has 5 rings (SSSR count). The van der Waals surface area contributed by atoms with Crippen molar-refractivity contribution in [1.82, 2.24) is 18.7 Å². The maximum Gasteiger partial charge on any atom is 0.337 e. The van der Waals surface area contributed by atoms with E-state index in [1.165, 1.54) is 10.1 Å². The molecule has 0 amide bonds. The van der Waals surface area contributed by atoms with Crippen LogP contribution < -0.4 is 11.2 Å². The van der Waals surface area contributed by atoms with Crippen LogP contribution in [0.1, 0.15) is 42.9 Å². The molecule has 1 aliphatic carbocycles. The van der Waals surface area contributed by atoms with Crippen LogP contribution in [0.5, 0.6) is 0 Å². The zero-order valence-corrected chi connectivity index (χ0v) is 17.0. The van der Waals surface area contributed by atoms with Crippen LogP contribution in [0.3, 0.4) is 0 Å². The normalized spacial score (nSPS) is 14.6. The molecule has 1 fully saturated rings. The predicted molar refractivity (Wildman–Crippen MR) is 117 cm³/mol. The van der Waals surface area contributed by atoms with Crippen LogP contribution in [0.25, 0.3) is 16.9 Å². The third kappa shape index (κ3) is 3.09. The predicted octanol–water partition coefficient (Wildman–Crippen LogP) is 3.82. The van der Waals surface area contributed by atoms with E-state index >= 15 is 0 Å². The molecule has 2 aromatic heterocycles. The van der Waals surface area contributed by atoms with E-state index in [4.69, 9.17) is 0 Å². The second-order valence-electron chi connectivity index (χ2n) is 8.10. The molecule has 6 nitrogen and oxygen atoms in total. The fourth-order valence-corrected chi connectivity index (χ4v) is 4.57. The minimum Gasteiger partial charge on any atom is -0.320 e. The molecule has 0 atom stereocenters. The lowest BCUT2D eigenvalue weighted by molar-refractivity contribution is 0.474. The Bertz CT molecular complexity index is 1330. The zero-order chi connectivity index (χ0) is 20.7. The summed E-state index contributed by atoms with van der Waals surface area (Å²) in [6.07, 6.45) is 5.49. The molecule has 2 aromatic carbocycles. The highest BCUT2D eigenvalue weighted by atomic mass is 16.2. The molecule has 0 N–H and O–H groups in total. The number of imidazole rings is 1. The summed E-state index contributed by atoms with van der Waals surface area (Å²) in [5, 5.41) is 0. The van der Waals surface area contributed by atoms with Crippen LogP contribution in [-0.2, 0) is 6.54 Å². The van der Waals surface area contributed by atoms with Crippen molar-refractivity contribution >= 4 is 11.2 Å². The molecule has 0 radical (unpaired) electrons. The van der Waals surface area contributed by atoms with Gasteiger partial charge in [-0.25, -0.2) is 14.3 Å². The maximum absolute atomic E-state index is 13.5. The van der Waals surface area contributed by atoms with Gasteiger partial charge in [0.05, 0.1) is 12.0 Å². The largest absolute Gasteiger partial charge is 0.337 e. The van der Waals surface area contributed by atoms with Gasteiger partial charge in [-0.1, -0.05) is 60.9 Å². The van der Waals surface area contributed by atoms with Gasteiger partial charge in [-0.2, -0.15) is 0 Å². The van der Waals surface area contributed by atoms with Crippen LogP contribution >= 0.6 is 0 Å². The molecular formula is C24H24N4O2. The van der Waals surface area contributed by atoms with E-state index in [2.05, 4.69) is 24.0 Å². The Hall–Kier alpha value is -3.41. The fourth-order valence-electron chi connectivity index (χ4n) is 4.57. The van der Waals surface area contributed by atoms with Crippen LogP contribution in [-0.4, -0.2) is 18.7 Å². The molecule has 0 unspecified atom stereocenters. The van der Waals surface area contributed by atoms with Crippen molar-refractivity contribution in [2.45, 2.75) is 45.2 Å². The molecule has 2 heterocycles. The molecule has 0 bridgehead atoms. The molecule has 30 heavy (non-hydrogen) atoms. The zero-order valence-electron chi connectivity index (χ0n) is 17.0. The summed E-state index contributed by atoms with van der Waals surface area (Å²) in [6.45, 7) is 2.58. The molecule has 0 aliphatic heterocycles. The van der Waals surface area contributed by atoms with E-state index in [-0.39, 0.29) is 17.3 Å². The smallest absolute Gasteiger partial charge is 0.320 e. The monoisotopic (exact) mass is 400 g/mol. The van der Waals surface area contributed by atoms with Crippen LogP contribution in [0.15, 0.2) is 70.5 Å². The number of aromatic nitrogens is 4.